The Morgan fingerprint density at radius 2 is 1.68 bits per heavy atom. The smallest absolute Gasteiger partial charge is 0.240 e. The Kier molecular flexibility index (Phi) is 4.39. The molecular formula is C17H21ClN2O2. The molecule has 118 valence electrons. The first-order valence-corrected chi connectivity index (χ1v) is 8.37. The normalized spacial score (nSPS) is 20.1. The lowest BCUT2D eigenvalue weighted by molar-refractivity contribution is -0.142. The number of carbonyl (C=O) groups excluding carboxylic acids is 2. The molecule has 2 fully saturated rings. The van der Waals surface area contributed by atoms with Crippen LogP contribution in [0.25, 0.3) is 0 Å². The van der Waals surface area contributed by atoms with Crippen LogP contribution in [0.3, 0.4) is 0 Å². The van der Waals surface area contributed by atoms with Gasteiger partial charge < -0.3 is 10.2 Å². The third-order valence-electron chi connectivity index (χ3n) is 4.61. The first-order valence-electron chi connectivity index (χ1n) is 7.99. The zero-order chi connectivity index (χ0) is 15.6. The molecule has 1 aromatic carbocycles. The van der Waals surface area contributed by atoms with Crippen LogP contribution in [0.2, 0.25) is 5.02 Å². The Hall–Kier alpha value is -1.55. The number of carbonyl (C=O) groups is 2. The summed E-state index contributed by atoms with van der Waals surface area (Å²) in [4.78, 5) is 27.3. The number of hydrogen-bond acceptors (Lipinski definition) is 2. The molecule has 1 N–H and O–H groups in total. The van der Waals surface area contributed by atoms with Crippen molar-refractivity contribution in [2.24, 2.45) is 5.41 Å². The van der Waals surface area contributed by atoms with Crippen molar-refractivity contribution in [3.8, 4) is 0 Å². The maximum Gasteiger partial charge on any atom is 0.240 e. The second-order valence-corrected chi connectivity index (χ2v) is 6.63. The molecule has 4 nitrogen and oxygen atoms in total. The summed E-state index contributed by atoms with van der Waals surface area (Å²) >= 11 is 6.08. The topological polar surface area (TPSA) is 49.4 Å². The number of likely N-dealkylation sites (tertiary alicyclic amines) is 1. The molecule has 1 saturated heterocycles. The molecular weight excluding hydrogens is 300 g/mol. The molecule has 5 heteroatoms. The fourth-order valence-corrected chi connectivity index (χ4v) is 3.23. The summed E-state index contributed by atoms with van der Waals surface area (Å²) in [6, 6.07) is 7.12. The van der Waals surface area contributed by atoms with Crippen LogP contribution < -0.4 is 5.32 Å². The molecule has 1 saturated carbocycles. The minimum absolute atomic E-state index is 0.000969. The molecule has 2 aliphatic rings. The lowest BCUT2D eigenvalue weighted by Crippen LogP contribution is -2.43. The van der Waals surface area contributed by atoms with Crippen LogP contribution in [-0.4, -0.2) is 29.8 Å². The van der Waals surface area contributed by atoms with Crippen LogP contribution in [0.15, 0.2) is 24.3 Å². The highest BCUT2D eigenvalue weighted by atomic mass is 35.5. The van der Waals surface area contributed by atoms with Gasteiger partial charge in [-0.3, -0.25) is 9.59 Å². The Morgan fingerprint density at radius 3 is 2.27 bits per heavy atom. The molecule has 1 aromatic rings. The molecule has 1 aliphatic heterocycles. The predicted molar refractivity (Wildman–Crippen MR) is 86.8 cm³/mol. The molecule has 1 heterocycles. The standard InChI is InChI=1S/C17H21ClN2O2/c18-13-7-3-4-8-14(13)19-15(21)17(9-10-17)16(22)20-11-5-1-2-6-12-20/h3-4,7-8H,1-2,5-6,9-12H2,(H,19,21). The summed E-state index contributed by atoms with van der Waals surface area (Å²) in [5.41, 5.74) is -0.284. The van der Waals surface area contributed by atoms with E-state index in [4.69, 9.17) is 11.6 Å². The highest BCUT2D eigenvalue weighted by molar-refractivity contribution is 6.34. The van der Waals surface area contributed by atoms with E-state index in [-0.39, 0.29) is 11.8 Å². The van der Waals surface area contributed by atoms with Gasteiger partial charge in [-0.1, -0.05) is 36.6 Å². The maximum absolute atomic E-state index is 12.8. The molecule has 0 radical (unpaired) electrons. The van der Waals surface area contributed by atoms with Crippen LogP contribution in [0.5, 0.6) is 0 Å². The third-order valence-corrected chi connectivity index (χ3v) is 4.94. The number of amides is 2. The van der Waals surface area contributed by atoms with Crippen molar-refractivity contribution in [1.82, 2.24) is 4.90 Å². The second-order valence-electron chi connectivity index (χ2n) is 6.22. The van der Waals surface area contributed by atoms with E-state index in [1.165, 1.54) is 12.8 Å². The molecule has 0 atom stereocenters. The minimum atomic E-state index is -0.858. The van der Waals surface area contributed by atoms with E-state index >= 15 is 0 Å². The van der Waals surface area contributed by atoms with E-state index < -0.39 is 5.41 Å². The third kappa shape index (κ3) is 2.98. The summed E-state index contributed by atoms with van der Waals surface area (Å²) in [7, 11) is 0. The fourth-order valence-electron chi connectivity index (χ4n) is 3.04. The summed E-state index contributed by atoms with van der Waals surface area (Å²) < 4.78 is 0. The van der Waals surface area contributed by atoms with E-state index in [1.54, 1.807) is 12.1 Å². The summed E-state index contributed by atoms with van der Waals surface area (Å²) in [5.74, 6) is -0.214. The average molecular weight is 321 g/mol. The van der Waals surface area contributed by atoms with Crippen molar-refractivity contribution in [1.29, 1.82) is 0 Å². The SMILES string of the molecule is O=C(Nc1ccccc1Cl)C1(C(=O)N2CCCCCC2)CC1. The van der Waals surface area contributed by atoms with Crippen molar-refractivity contribution < 1.29 is 9.59 Å². The number of hydrogen-bond donors (Lipinski definition) is 1. The van der Waals surface area contributed by atoms with Crippen LogP contribution in [0.1, 0.15) is 38.5 Å². The fraction of sp³-hybridized carbons (Fsp3) is 0.529. The zero-order valence-corrected chi connectivity index (χ0v) is 13.4. The summed E-state index contributed by atoms with van der Waals surface area (Å²) in [6.07, 6.45) is 5.68. The van der Waals surface area contributed by atoms with E-state index in [1.807, 2.05) is 17.0 Å². The van der Waals surface area contributed by atoms with Gasteiger partial charge in [0.05, 0.1) is 10.7 Å². The van der Waals surface area contributed by atoms with Crippen LogP contribution in [0, 0.1) is 5.41 Å². The van der Waals surface area contributed by atoms with Crippen molar-refractivity contribution in [3.05, 3.63) is 29.3 Å². The van der Waals surface area contributed by atoms with Crippen LogP contribution in [0.4, 0.5) is 5.69 Å². The Bertz CT molecular complexity index is 576. The molecule has 0 bridgehead atoms. The maximum atomic E-state index is 12.8. The van der Waals surface area contributed by atoms with Crippen molar-refractivity contribution in [3.63, 3.8) is 0 Å². The number of benzene rings is 1. The first-order chi connectivity index (χ1) is 10.6. The summed E-state index contributed by atoms with van der Waals surface area (Å²) in [5, 5.41) is 3.32. The van der Waals surface area contributed by atoms with Gasteiger partial charge in [0.1, 0.15) is 5.41 Å². The molecule has 22 heavy (non-hydrogen) atoms. The van der Waals surface area contributed by atoms with Crippen LogP contribution in [-0.2, 0) is 9.59 Å². The number of nitrogens with one attached hydrogen (secondary N) is 1. The van der Waals surface area contributed by atoms with Gasteiger partial charge >= 0.3 is 0 Å². The molecule has 2 amide bonds. The van der Waals surface area contributed by atoms with Crippen molar-refractivity contribution in [2.45, 2.75) is 38.5 Å². The van der Waals surface area contributed by atoms with Gasteiger partial charge in [0.15, 0.2) is 0 Å². The first kappa shape index (κ1) is 15.3. The van der Waals surface area contributed by atoms with Gasteiger partial charge in [-0.05, 0) is 37.8 Å². The minimum Gasteiger partial charge on any atom is -0.342 e. The van der Waals surface area contributed by atoms with Crippen molar-refractivity contribution >= 4 is 29.1 Å². The van der Waals surface area contributed by atoms with E-state index in [2.05, 4.69) is 5.32 Å². The average Bonchev–Trinajstić information content (AvgIpc) is 3.34. The van der Waals surface area contributed by atoms with Crippen molar-refractivity contribution in [2.75, 3.05) is 18.4 Å². The molecule has 0 unspecified atom stereocenters. The van der Waals surface area contributed by atoms with Crippen LogP contribution >= 0.6 is 11.6 Å². The van der Waals surface area contributed by atoms with E-state index in [0.29, 0.717) is 23.6 Å². The number of anilines is 1. The Morgan fingerprint density at radius 1 is 1.05 bits per heavy atom. The molecule has 3 rings (SSSR count). The molecule has 0 aromatic heterocycles. The Labute approximate surface area is 135 Å². The number of rotatable bonds is 3. The van der Waals surface area contributed by atoms with Gasteiger partial charge in [0, 0.05) is 13.1 Å². The van der Waals surface area contributed by atoms with Gasteiger partial charge in [0.25, 0.3) is 0 Å². The number of halogens is 1. The highest BCUT2D eigenvalue weighted by Crippen LogP contribution is 2.48. The second kappa shape index (κ2) is 6.29. The molecule has 1 aliphatic carbocycles. The molecule has 0 spiro atoms. The Balaban J connectivity index is 1.71. The summed E-state index contributed by atoms with van der Waals surface area (Å²) in [6.45, 7) is 1.56. The van der Waals surface area contributed by atoms with Gasteiger partial charge in [-0.25, -0.2) is 0 Å². The monoisotopic (exact) mass is 320 g/mol. The van der Waals surface area contributed by atoms with Gasteiger partial charge in [-0.2, -0.15) is 0 Å². The lowest BCUT2D eigenvalue weighted by atomic mass is 10.0. The lowest BCUT2D eigenvalue weighted by Gasteiger charge is -2.25. The van der Waals surface area contributed by atoms with E-state index in [9.17, 15) is 9.59 Å². The van der Waals surface area contributed by atoms with E-state index in [0.717, 1.165) is 25.9 Å². The largest absolute Gasteiger partial charge is 0.342 e. The number of nitrogens with zero attached hydrogens (tertiary/aromatic N) is 1. The number of para-hydroxylation sites is 1. The predicted octanol–water partition coefficient (Wildman–Crippen LogP) is 3.46. The van der Waals surface area contributed by atoms with Gasteiger partial charge in [0.2, 0.25) is 11.8 Å². The quantitative estimate of drug-likeness (QED) is 0.867. The zero-order valence-electron chi connectivity index (χ0n) is 12.6. The van der Waals surface area contributed by atoms with Gasteiger partial charge in [-0.15, -0.1) is 0 Å². The highest BCUT2D eigenvalue weighted by Gasteiger charge is 2.58.